The molecule has 0 aliphatic rings. The summed E-state index contributed by atoms with van der Waals surface area (Å²) in [5.41, 5.74) is -0.329. The first-order valence-electron chi connectivity index (χ1n) is 7.41. The molecule has 0 aliphatic carbocycles. The van der Waals surface area contributed by atoms with Crippen molar-refractivity contribution in [3.05, 3.63) is 41.8 Å². The van der Waals surface area contributed by atoms with E-state index in [1.807, 2.05) is 6.92 Å². The molecule has 0 unspecified atom stereocenters. The van der Waals surface area contributed by atoms with Crippen LogP contribution in [0.25, 0.3) is 11.5 Å². The van der Waals surface area contributed by atoms with Crippen molar-refractivity contribution in [1.82, 2.24) is 10.3 Å². The molecule has 1 N–H and O–H groups in total. The summed E-state index contributed by atoms with van der Waals surface area (Å²) >= 11 is 0. The molecule has 1 amide bonds. The first-order chi connectivity index (χ1) is 11.4. The first kappa shape index (κ1) is 18.0. The number of nitrogens with one attached hydrogen (secondary N) is 1. The number of alkyl halides is 3. The molecule has 0 radical (unpaired) electrons. The Morgan fingerprint density at radius 1 is 1.29 bits per heavy atom. The minimum absolute atomic E-state index is 0.0707. The van der Waals surface area contributed by atoms with E-state index in [-0.39, 0.29) is 11.6 Å². The highest BCUT2D eigenvalue weighted by molar-refractivity contribution is 5.92. The number of oxazole rings is 1. The van der Waals surface area contributed by atoms with E-state index >= 15 is 0 Å². The van der Waals surface area contributed by atoms with E-state index in [1.54, 1.807) is 0 Å². The van der Waals surface area contributed by atoms with Crippen molar-refractivity contribution in [2.75, 3.05) is 19.8 Å². The van der Waals surface area contributed by atoms with Crippen molar-refractivity contribution in [2.24, 2.45) is 0 Å². The zero-order chi connectivity index (χ0) is 17.6. The third-order valence-electron chi connectivity index (χ3n) is 3.15. The Morgan fingerprint density at radius 2 is 2.00 bits per heavy atom. The zero-order valence-electron chi connectivity index (χ0n) is 13.0. The van der Waals surface area contributed by atoms with Crippen molar-refractivity contribution in [3.8, 4) is 11.5 Å². The van der Waals surface area contributed by atoms with Gasteiger partial charge in [0.05, 0.1) is 5.56 Å². The summed E-state index contributed by atoms with van der Waals surface area (Å²) in [6.45, 7) is 3.48. The summed E-state index contributed by atoms with van der Waals surface area (Å²) in [7, 11) is 0. The zero-order valence-corrected chi connectivity index (χ0v) is 13.0. The number of amides is 1. The average molecular weight is 342 g/mol. The van der Waals surface area contributed by atoms with Crippen LogP contribution in [0.2, 0.25) is 0 Å². The second-order valence-corrected chi connectivity index (χ2v) is 4.92. The minimum atomic E-state index is -4.40. The summed E-state index contributed by atoms with van der Waals surface area (Å²) in [5.74, 6) is -0.323. The highest BCUT2D eigenvalue weighted by Gasteiger charge is 2.30. The van der Waals surface area contributed by atoms with Gasteiger partial charge in [-0.1, -0.05) is 0 Å². The number of nitrogens with zero attached hydrogens (tertiary/aromatic N) is 1. The van der Waals surface area contributed by atoms with Gasteiger partial charge >= 0.3 is 6.18 Å². The van der Waals surface area contributed by atoms with Gasteiger partial charge in [-0.15, -0.1) is 0 Å². The number of ether oxygens (including phenoxy) is 1. The maximum Gasteiger partial charge on any atom is 0.416 e. The lowest BCUT2D eigenvalue weighted by atomic mass is 10.1. The second kappa shape index (κ2) is 7.96. The maximum absolute atomic E-state index is 12.5. The van der Waals surface area contributed by atoms with Crippen LogP contribution in [0.3, 0.4) is 0 Å². The molecule has 0 saturated carbocycles. The number of carbonyl (C=O) groups is 1. The fraction of sp³-hybridized carbons (Fsp3) is 0.375. The SMILES string of the molecule is CCOCCCNC(=O)c1coc(-c2ccc(C(F)(F)F)cc2)n1. The lowest BCUT2D eigenvalue weighted by Crippen LogP contribution is -2.25. The normalized spacial score (nSPS) is 11.5. The number of hydrogen-bond acceptors (Lipinski definition) is 4. The molecule has 24 heavy (non-hydrogen) atoms. The van der Waals surface area contributed by atoms with E-state index in [0.717, 1.165) is 12.1 Å². The molecule has 0 aliphatic heterocycles. The third-order valence-corrected chi connectivity index (χ3v) is 3.15. The highest BCUT2D eigenvalue weighted by atomic mass is 19.4. The molecule has 0 atom stereocenters. The predicted octanol–water partition coefficient (Wildman–Crippen LogP) is 3.52. The quantitative estimate of drug-likeness (QED) is 0.782. The van der Waals surface area contributed by atoms with Gasteiger partial charge in [0.2, 0.25) is 5.89 Å². The van der Waals surface area contributed by atoms with E-state index in [0.29, 0.717) is 31.7 Å². The Morgan fingerprint density at radius 3 is 2.62 bits per heavy atom. The molecule has 0 fully saturated rings. The van der Waals surface area contributed by atoms with Gasteiger partial charge in [-0.3, -0.25) is 4.79 Å². The second-order valence-electron chi connectivity index (χ2n) is 4.92. The molecular formula is C16H17F3N2O3. The number of halogens is 3. The summed E-state index contributed by atoms with van der Waals surface area (Å²) in [5, 5.41) is 2.66. The van der Waals surface area contributed by atoms with Crippen LogP contribution >= 0.6 is 0 Å². The first-order valence-corrected chi connectivity index (χ1v) is 7.41. The Hall–Kier alpha value is -2.35. The van der Waals surface area contributed by atoms with E-state index in [9.17, 15) is 18.0 Å². The van der Waals surface area contributed by atoms with Gasteiger partial charge < -0.3 is 14.5 Å². The monoisotopic (exact) mass is 342 g/mol. The lowest BCUT2D eigenvalue weighted by molar-refractivity contribution is -0.137. The fourth-order valence-corrected chi connectivity index (χ4v) is 1.92. The largest absolute Gasteiger partial charge is 0.444 e. The number of rotatable bonds is 7. The molecule has 1 heterocycles. The van der Waals surface area contributed by atoms with E-state index in [2.05, 4.69) is 10.3 Å². The maximum atomic E-state index is 12.5. The molecule has 0 saturated heterocycles. The Labute approximate surface area is 136 Å². The molecule has 1 aromatic heterocycles. The Balaban J connectivity index is 1.96. The third kappa shape index (κ3) is 4.82. The number of carbonyl (C=O) groups excluding carboxylic acids is 1. The minimum Gasteiger partial charge on any atom is -0.444 e. The molecule has 2 rings (SSSR count). The van der Waals surface area contributed by atoms with E-state index < -0.39 is 17.6 Å². The Bertz CT molecular complexity index is 666. The molecular weight excluding hydrogens is 325 g/mol. The smallest absolute Gasteiger partial charge is 0.416 e. The molecule has 2 aromatic rings. The van der Waals surface area contributed by atoms with Crippen LogP contribution in [0, 0.1) is 0 Å². The van der Waals surface area contributed by atoms with Gasteiger partial charge in [-0.25, -0.2) is 4.98 Å². The van der Waals surface area contributed by atoms with Crippen LogP contribution in [0.4, 0.5) is 13.2 Å². The lowest BCUT2D eigenvalue weighted by Gasteiger charge is -2.06. The van der Waals surface area contributed by atoms with Crippen molar-refractivity contribution < 1.29 is 27.1 Å². The summed E-state index contributed by atoms with van der Waals surface area (Å²) in [6, 6.07) is 4.37. The van der Waals surface area contributed by atoms with Gasteiger partial charge in [0, 0.05) is 25.3 Å². The van der Waals surface area contributed by atoms with Crippen molar-refractivity contribution in [3.63, 3.8) is 0 Å². The van der Waals surface area contributed by atoms with Crippen LogP contribution in [-0.2, 0) is 10.9 Å². The summed E-state index contributed by atoms with van der Waals surface area (Å²) in [4.78, 5) is 15.9. The molecule has 5 nitrogen and oxygen atoms in total. The summed E-state index contributed by atoms with van der Waals surface area (Å²) < 4.78 is 47.9. The number of aromatic nitrogens is 1. The van der Waals surface area contributed by atoms with Gasteiger partial charge in [0.15, 0.2) is 5.69 Å². The van der Waals surface area contributed by atoms with Gasteiger partial charge in [-0.2, -0.15) is 13.2 Å². The standard InChI is InChI=1S/C16H17F3N2O3/c1-2-23-9-3-8-20-14(22)13-10-24-15(21-13)11-4-6-12(7-5-11)16(17,18)19/h4-7,10H,2-3,8-9H2,1H3,(H,20,22). The van der Waals surface area contributed by atoms with E-state index in [4.69, 9.17) is 9.15 Å². The fourth-order valence-electron chi connectivity index (χ4n) is 1.92. The van der Waals surface area contributed by atoms with Gasteiger partial charge in [0.25, 0.3) is 5.91 Å². The van der Waals surface area contributed by atoms with Crippen LogP contribution in [-0.4, -0.2) is 30.6 Å². The van der Waals surface area contributed by atoms with Crippen LogP contribution in [0.1, 0.15) is 29.4 Å². The molecule has 1 aromatic carbocycles. The van der Waals surface area contributed by atoms with Gasteiger partial charge in [0.1, 0.15) is 6.26 Å². The average Bonchev–Trinajstić information content (AvgIpc) is 3.04. The molecule has 130 valence electrons. The summed E-state index contributed by atoms with van der Waals surface area (Å²) in [6.07, 6.45) is -2.56. The Kier molecular flexibility index (Phi) is 5.97. The highest BCUT2D eigenvalue weighted by Crippen LogP contribution is 2.30. The van der Waals surface area contributed by atoms with Crippen molar-refractivity contribution >= 4 is 5.91 Å². The molecule has 0 spiro atoms. The predicted molar refractivity (Wildman–Crippen MR) is 80.4 cm³/mol. The van der Waals surface area contributed by atoms with Crippen LogP contribution in [0.5, 0.6) is 0 Å². The van der Waals surface area contributed by atoms with Crippen molar-refractivity contribution in [2.45, 2.75) is 19.5 Å². The molecule has 8 heteroatoms. The van der Waals surface area contributed by atoms with Gasteiger partial charge in [-0.05, 0) is 37.6 Å². The van der Waals surface area contributed by atoms with Crippen molar-refractivity contribution in [1.29, 1.82) is 0 Å². The number of benzene rings is 1. The van der Waals surface area contributed by atoms with Crippen LogP contribution < -0.4 is 5.32 Å². The topological polar surface area (TPSA) is 64.4 Å². The van der Waals surface area contributed by atoms with Crippen LogP contribution in [0.15, 0.2) is 34.9 Å². The molecule has 0 bridgehead atoms. The number of hydrogen-bond donors (Lipinski definition) is 1. The van der Waals surface area contributed by atoms with E-state index in [1.165, 1.54) is 18.4 Å².